The zero-order valence-electron chi connectivity index (χ0n) is 10.6. The van der Waals surface area contributed by atoms with Gasteiger partial charge >= 0.3 is 0 Å². The number of nitro benzene ring substituents is 1. The molecule has 9 nitrogen and oxygen atoms in total. The van der Waals surface area contributed by atoms with Crippen LogP contribution < -0.4 is 0 Å². The molecule has 0 radical (unpaired) electrons. The van der Waals surface area contributed by atoms with Crippen molar-refractivity contribution < 1.29 is 34.9 Å². The van der Waals surface area contributed by atoms with Crippen LogP contribution >= 0.6 is 0 Å². The van der Waals surface area contributed by atoms with E-state index in [0.717, 1.165) is 24.3 Å². The Labute approximate surface area is 118 Å². The van der Waals surface area contributed by atoms with E-state index in [1.165, 1.54) is 0 Å². The van der Waals surface area contributed by atoms with Crippen molar-refractivity contribution in [2.24, 2.45) is 0 Å². The van der Waals surface area contributed by atoms with Crippen LogP contribution in [0, 0.1) is 10.1 Å². The minimum Gasteiger partial charge on any atom is -0.394 e. The molecule has 4 N–H and O–H groups in total. The van der Waals surface area contributed by atoms with Crippen molar-refractivity contribution in [1.82, 2.24) is 0 Å². The van der Waals surface area contributed by atoms with Crippen LogP contribution in [0.4, 0.5) is 5.69 Å². The standard InChI is InChI=1S/C12H13NO8/c14-5-8-9(15)11(17)12(18,21-8)10(16)6-1-3-7(4-2-6)13(19)20/h1-4,8-9,11,14-15,17-18H,5H2/t8-,9-,11-,12?/m1/s1. The van der Waals surface area contributed by atoms with Gasteiger partial charge in [0.1, 0.15) is 18.3 Å². The number of aliphatic hydroxyl groups is 4. The molecule has 1 aromatic carbocycles. The summed E-state index contributed by atoms with van der Waals surface area (Å²) in [6.45, 7) is -0.700. The van der Waals surface area contributed by atoms with E-state index in [4.69, 9.17) is 9.84 Å². The molecular weight excluding hydrogens is 286 g/mol. The molecule has 0 amide bonds. The second-order valence-electron chi connectivity index (χ2n) is 4.60. The number of aliphatic hydroxyl groups excluding tert-OH is 3. The first kappa shape index (κ1) is 15.5. The summed E-state index contributed by atoms with van der Waals surface area (Å²) < 4.78 is 4.84. The number of carbonyl (C=O) groups is 1. The average Bonchev–Trinajstić information content (AvgIpc) is 2.71. The predicted octanol–water partition coefficient (Wildman–Crippen LogP) is -1.42. The highest BCUT2D eigenvalue weighted by Crippen LogP contribution is 2.32. The number of hydrogen-bond donors (Lipinski definition) is 4. The first-order chi connectivity index (χ1) is 9.81. The topological polar surface area (TPSA) is 150 Å². The Morgan fingerprint density at radius 3 is 2.33 bits per heavy atom. The number of Topliss-reactive ketones (excluding diaryl/α,β-unsaturated/α-hetero) is 1. The number of carbonyl (C=O) groups excluding carboxylic acids is 1. The highest BCUT2D eigenvalue weighted by molar-refractivity contribution is 6.02. The smallest absolute Gasteiger partial charge is 0.269 e. The number of benzene rings is 1. The zero-order valence-corrected chi connectivity index (χ0v) is 10.6. The monoisotopic (exact) mass is 299 g/mol. The quantitative estimate of drug-likeness (QED) is 0.300. The Morgan fingerprint density at radius 2 is 1.90 bits per heavy atom. The average molecular weight is 299 g/mol. The normalized spacial score (nSPS) is 32.1. The lowest BCUT2D eigenvalue weighted by atomic mass is 9.96. The van der Waals surface area contributed by atoms with Gasteiger partial charge in [-0.05, 0) is 12.1 Å². The van der Waals surface area contributed by atoms with Gasteiger partial charge in [-0.25, -0.2) is 0 Å². The molecule has 1 heterocycles. The summed E-state index contributed by atoms with van der Waals surface area (Å²) in [6.07, 6.45) is -4.90. The van der Waals surface area contributed by atoms with Crippen molar-refractivity contribution in [3.8, 4) is 0 Å². The number of hydrogen-bond acceptors (Lipinski definition) is 8. The molecule has 2 rings (SSSR count). The summed E-state index contributed by atoms with van der Waals surface area (Å²) in [5.41, 5.74) is -0.396. The molecule has 1 saturated heterocycles. The van der Waals surface area contributed by atoms with Gasteiger partial charge < -0.3 is 25.2 Å². The van der Waals surface area contributed by atoms with Gasteiger partial charge in [0.05, 0.1) is 11.5 Å². The fourth-order valence-corrected chi connectivity index (χ4v) is 2.08. The van der Waals surface area contributed by atoms with Gasteiger partial charge in [-0.3, -0.25) is 14.9 Å². The molecule has 1 fully saturated rings. The minimum atomic E-state index is -2.72. The summed E-state index contributed by atoms with van der Waals surface area (Å²) in [7, 11) is 0. The van der Waals surface area contributed by atoms with Crippen molar-refractivity contribution >= 4 is 11.5 Å². The third-order valence-corrected chi connectivity index (χ3v) is 3.28. The number of ketones is 1. The van der Waals surface area contributed by atoms with Gasteiger partial charge in [0.2, 0.25) is 5.78 Å². The van der Waals surface area contributed by atoms with Crippen molar-refractivity contribution in [3.63, 3.8) is 0 Å². The minimum absolute atomic E-state index is 0.145. The van der Waals surface area contributed by atoms with Crippen LogP contribution in [0.15, 0.2) is 24.3 Å². The van der Waals surface area contributed by atoms with Gasteiger partial charge in [0, 0.05) is 17.7 Å². The Balaban J connectivity index is 2.28. The Morgan fingerprint density at radius 1 is 1.33 bits per heavy atom. The molecule has 0 bridgehead atoms. The van der Waals surface area contributed by atoms with Gasteiger partial charge in [-0.1, -0.05) is 0 Å². The zero-order chi connectivity index (χ0) is 15.8. The summed E-state index contributed by atoms with van der Waals surface area (Å²) in [5.74, 6) is -3.79. The fourth-order valence-electron chi connectivity index (χ4n) is 2.08. The van der Waals surface area contributed by atoms with Gasteiger partial charge in [-0.15, -0.1) is 0 Å². The van der Waals surface area contributed by atoms with Crippen molar-refractivity contribution in [2.75, 3.05) is 6.61 Å². The summed E-state index contributed by atoms with van der Waals surface area (Å²) >= 11 is 0. The molecule has 9 heteroatoms. The molecule has 0 aromatic heterocycles. The maximum absolute atomic E-state index is 12.2. The molecule has 114 valence electrons. The van der Waals surface area contributed by atoms with Crippen LogP contribution in [0.1, 0.15) is 10.4 Å². The van der Waals surface area contributed by atoms with E-state index in [1.54, 1.807) is 0 Å². The van der Waals surface area contributed by atoms with E-state index < -0.39 is 41.4 Å². The number of non-ortho nitro benzene ring substituents is 1. The molecule has 1 unspecified atom stereocenters. The second-order valence-corrected chi connectivity index (χ2v) is 4.60. The molecule has 1 aliphatic rings. The SMILES string of the molecule is O=C(c1ccc([N+](=O)[O-])cc1)C1(O)O[C@H](CO)[C@@H](O)[C@H]1O. The van der Waals surface area contributed by atoms with E-state index in [0.29, 0.717) is 0 Å². The Kier molecular flexibility index (Phi) is 4.03. The van der Waals surface area contributed by atoms with E-state index in [1.807, 2.05) is 0 Å². The molecule has 21 heavy (non-hydrogen) atoms. The second kappa shape index (κ2) is 5.47. The molecular formula is C12H13NO8. The third kappa shape index (κ3) is 2.52. The van der Waals surface area contributed by atoms with E-state index >= 15 is 0 Å². The molecule has 1 aromatic rings. The van der Waals surface area contributed by atoms with Crippen LogP contribution in [-0.4, -0.2) is 61.8 Å². The lowest BCUT2D eigenvalue weighted by Crippen LogP contribution is -2.49. The lowest BCUT2D eigenvalue weighted by molar-refractivity contribution is -0.384. The maximum Gasteiger partial charge on any atom is 0.269 e. The fraction of sp³-hybridized carbons (Fsp3) is 0.417. The summed E-state index contributed by atoms with van der Waals surface area (Å²) in [5, 5.41) is 48.9. The molecule has 1 aliphatic heterocycles. The van der Waals surface area contributed by atoms with Crippen LogP contribution in [-0.2, 0) is 4.74 Å². The van der Waals surface area contributed by atoms with E-state index in [-0.39, 0.29) is 11.3 Å². The largest absolute Gasteiger partial charge is 0.394 e. The van der Waals surface area contributed by atoms with Crippen LogP contribution in [0.5, 0.6) is 0 Å². The van der Waals surface area contributed by atoms with Crippen LogP contribution in [0.3, 0.4) is 0 Å². The first-order valence-corrected chi connectivity index (χ1v) is 5.97. The molecule has 0 spiro atoms. The molecule has 4 atom stereocenters. The summed E-state index contributed by atoms with van der Waals surface area (Å²) in [4.78, 5) is 22.0. The summed E-state index contributed by atoms with van der Waals surface area (Å²) in [6, 6.07) is 4.29. The Bertz CT molecular complexity index is 559. The van der Waals surface area contributed by atoms with E-state index in [9.17, 15) is 30.2 Å². The predicted molar refractivity (Wildman–Crippen MR) is 66.3 cm³/mol. The highest BCUT2D eigenvalue weighted by Gasteiger charge is 2.57. The van der Waals surface area contributed by atoms with Crippen molar-refractivity contribution in [2.45, 2.75) is 24.1 Å². The third-order valence-electron chi connectivity index (χ3n) is 3.28. The van der Waals surface area contributed by atoms with E-state index in [2.05, 4.69) is 0 Å². The van der Waals surface area contributed by atoms with Crippen molar-refractivity contribution in [1.29, 1.82) is 0 Å². The number of nitrogens with zero attached hydrogens (tertiary/aromatic N) is 1. The highest BCUT2D eigenvalue weighted by atomic mass is 16.7. The van der Waals surface area contributed by atoms with Gasteiger partial charge in [0.25, 0.3) is 11.5 Å². The number of ether oxygens (including phenoxy) is 1. The van der Waals surface area contributed by atoms with Gasteiger partial charge in [-0.2, -0.15) is 0 Å². The molecule has 0 aliphatic carbocycles. The van der Waals surface area contributed by atoms with Crippen LogP contribution in [0.2, 0.25) is 0 Å². The number of nitro groups is 1. The lowest BCUT2D eigenvalue weighted by Gasteiger charge is -2.24. The Hall–Kier alpha value is -1.91. The first-order valence-electron chi connectivity index (χ1n) is 5.97. The number of rotatable bonds is 4. The maximum atomic E-state index is 12.2. The van der Waals surface area contributed by atoms with Crippen LogP contribution in [0.25, 0.3) is 0 Å². The van der Waals surface area contributed by atoms with Crippen molar-refractivity contribution in [3.05, 3.63) is 39.9 Å². The molecule has 0 saturated carbocycles. The van der Waals surface area contributed by atoms with Gasteiger partial charge in [0.15, 0.2) is 0 Å².